The molecule has 0 unspecified atom stereocenters. The predicted molar refractivity (Wildman–Crippen MR) is 72.8 cm³/mol. The zero-order valence-corrected chi connectivity index (χ0v) is 11.3. The van der Waals surface area contributed by atoms with Crippen LogP contribution in [-0.2, 0) is 0 Å². The Labute approximate surface area is 116 Å². The van der Waals surface area contributed by atoms with E-state index in [1.165, 1.54) is 18.2 Å². The maximum absolute atomic E-state index is 11.9. The lowest BCUT2D eigenvalue weighted by molar-refractivity contribution is 0.0697. The van der Waals surface area contributed by atoms with Crippen molar-refractivity contribution in [3.8, 4) is 0 Å². The molecule has 102 valence electrons. The summed E-state index contributed by atoms with van der Waals surface area (Å²) in [5, 5.41) is 11.9. The van der Waals surface area contributed by atoms with Gasteiger partial charge in [0.05, 0.1) is 16.3 Å². The maximum atomic E-state index is 11.9. The SMILES string of the molecule is CN(CC1CC1)C(=O)Nc1cc(C(=O)O)ccc1Cl. The fourth-order valence-corrected chi connectivity index (χ4v) is 1.90. The summed E-state index contributed by atoms with van der Waals surface area (Å²) in [6.07, 6.45) is 2.32. The van der Waals surface area contributed by atoms with Gasteiger partial charge in [-0.15, -0.1) is 0 Å². The lowest BCUT2D eigenvalue weighted by Crippen LogP contribution is -2.33. The summed E-state index contributed by atoms with van der Waals surface area (Å²) in [4.78, 5) is 24.4. The third-order valence-electron chi connectivity index (χ3n) is 3.03. The van der Waals surface area contributed by atoms with Crippen molar-refractivity contribution in [3.63, 3.8) is 0 Å². The molecule has 1 aliphatic carbocycles. The van der Waals surface area contributed by atoms with E-state index >= 15 is 0 Å². The Balaban J connectivity index is 2.06. The van der Waals surface area contributed by atoms with E-state index in [-0.39, 0.29) is 11.6 Å². The summed E-state index contributed by atoms with van der Waals surface area (Å²) < 4.78 is 0. The van der Waals surface area contributed by atoms with Gasteiger partial charge in [-0.3, -0.25) is 0 Å². The van der Waals surface area contributed by atoms with Crippen molar-refractivity contribution in [3.05, 3.63) is 28.8 Å². The number of nitrogens with zero attached hydrogens (tertiary/aromatic N) is 1. The molecule has 1 aromatic carbocycles. The third-order valence-corrected chi connectivity index (χ3v) is 3.36. The Morgan fingerprint density at radius 3 is 2.74 bits per heavy atom. The van der Waals surface area contributed by atoms with Crippen molar-refractivity contribution in [1.82, 2.24) is 4.90 Å². The van der Waals surface area contributed by atoms with E-state index in [9.17, 15) is 9.59 Å². The highest BCUT2D eigenvalue weighted by Gasteiger charge is 2.25. The quantitative estimate of drug-likeness (QED) is 0.892. The number of carbonyl (C=O) groups excluding carboxylic acids is 1. The number of benzene rings is 1. The van der Waals surface area contributed by atoms with E-state index in [0.29, 0.717) is 23.2 Å². The topological polar surface area (TPSA) is 69.6 Å². The maximum Gasteiger partial charge on any atom is 0.335 e. The van der Waals surface area contributed by atoms with E-state index in [0.717, 1.165) is 12.8 Å². The van der Waals surface area contributed by atoms with Crippen molar-refractivity contribution in [1.29, 1.82) is 0 Å². The van der Waals surface area contributed by atoms with Crippen LogP contribution in [0.1, 0.15) is 23.2 Å². The number of carboxylic acids is 1. The molecule has 1 aromatic rings. The highest BCUT2D eigenvalue weighted by atomic mass is 35.5. The second-order valence-electron chi connectivity index (χ2n) is 4.75. The van der Waals surface area contributed by atoms with Crippen LogP contribution in [0.25, 0.3) is 0 Å². The number of carbonyl (C=O) groups is 2. The molecule has 0 saturated heterocycles. The number of rotatable bonds is 4. The van der Waals surface area contributed by atoms with Crippen LogP contribution in [-0.4, -0.2) is 35.6 Å². The van der Waals surface area contributed by atoms with Gasteiger partial charge in [0.2, 0.25) is 0 Å². The van der Waals surface area contributed by atoms with Gasteiger partial charge in [0.25, 0.3) is 0 Å². The lowest BCUT2D eigenvalue weighted by atomic mass is 10.2. The van der Waals surface area contributed by atoms with Crippen LogP contribution in [0.4, 0.5) is 10.5 Å². The molecule has 0 radical (unpaired) electrons. The smallest absolute Gasteiger partial charge is 0.335 e. The second kappa shape index (κ2) is 5.48. The normalized spacial score (nSPS) is 14.0. The summed E-state index contributed by atoms with van der Waals surface area (Å²) in [5.74, 6) is -0.463. The molecule has 1 saturated carbocycles. The molecule has 0 aliphatic heterocycles. The zero-order valence-electron chi connectivity index (χ0n) is 10.5. The highest BCUT2D eigenvalue weighted by Crippen LogP contribution is 2.29. The molecule has 6 heteroatoms. The van der Waals surface area contributed by atoms with Crippen LogP contribution in [0, 0.1) is 5.92 Å². The average molecular weight is 283 g/mol. The van der Waals surface area contributed by atoms with Crippen LogP contribution >= 0.6 is 11.6 Å². The van der Waals surface area contributed by atoms with E-state index in [2.05, 4.69) is 5.32 Å². The van der Waals surface area contributed by atoms with E-state index in [1.807, 2.05) is 0 Å². The summed E-state index contributed by atoms with van der Waals surface area (Å²) in [6, 6.07) is 3.93. The number of halogens is 1. The zero-order chi connectivity index (χ0) is 14.0. The van der Waals surface area contributed by atoms with Crippen molar-refractivity contribution in [2.24, 2.45) is 5.92 Å². The number of hydrogen-bond acceptors (Lipinski definition) is 2. The first-order chi connectivity index (χ1) is 8.97. The highest BCUT2D eigenvalue weighted by molar-refractivity contribution is 6.33. The van der Waals surface area contributed by atoms with Gasteiger partial charge < -0.3 is 15.3 Å². The third kappa shape index (κ3) is 3.61. The summed E-state index contributed by atoms with van der Waals surface area (Å²) in [6.45, 7) is 0.710. The Kier molecular flexibility index (Phi) is 3.95. The molecule has 19 heavy (non-hydrogen) atoms. The number of nitrogens with one attached hydrogen (secondary N) is 1. The molecule has 2 rings (SSSR count). The van der Waals surface area contributed by atoms with Crippen LogP contribution in [0.3, 0.4) is 0 Å². The lowest BCUT2D eigenvalue weighted by Gasteiger charge is -2.18. The van der Waals surface area contributed by atoms with Crippen molar-refractivity contribution in [2.75, 3.05) is 18.9 Å². The Morgan fingerprint density at radius 2 is 2.16 bits per heavy atom. The number of amides is 2. The van der Waals surface area contributed by atoms with Gasteiger partial charge in [0, 0.05) is 13.6 Å². The van der Waals surface area contributed by atoms with Crippen LogP contribution < -0.4 is 5.32 Å². The first kappa shape index (κ1) is 13.7. The molecule has 0 bridgehead atoms. The van der Waals surface area contributed by atoms with Crippen molar-refractivity contribution >= 4 is 29.3 Å². The van der Waals surface area contributed by atoms with Gasteiger partial charge in [0.15, 0.2) is 0 Å². The average Bonchev–Trinajstić information content (AvgIpc) is 3.15. The minimum Gasteiger partial charge on any atom is -0.478 e. The minimum absolute atomic E-state index is 0.0875. The fourth-order valence-electron chi connectivity index (χ4n) is 1.74. The molecule has 0 spiro atoms. The molecular formula is C13H15ClN2O3. The summed E-state index contributed by atoms with van der Waals surface area (Å²) in [5.41, 5.74) is 0.402. The predicted octanol–water partition coefficient (Wildman–Crippen LogP) is 2.91. The molecule has 5 nitrogen and oxygen atoms in total. The Bertz CT molecular complexity index is 515. The van der Waals surface area contributed by atoms with Gasteiger partial charge >= 0.3 is 12.0 Å². The largest absolute Gasteiger partial charge is 0.478 e. The van der Waals surface area contributed by atoms with E-state index in [4.69, 9.17) is 16.7 Å². The summed E-state index contributed by atoms with van der Waals surface area (Å²) >= 11 is 5.94. The number of aromatic carboxylic acids is 1. The molecule has 0 aromatic heterocycles. The minimum atomic E-state index is -1.06. The molecule has 1 aliphatic rings. The summed E-state index contributed by atoms with van der Waals surface area (Å²) in [7, 11) is 1.71. The first-order valence-corrected chi connectivity index (χ1v) is 6.40. The molecule has 1 fully saturated rings. The monoisotopic (exact) mass is 282 g/mol. The van der Waals surface area contributed by atoms with Crippen LogP contribution in [0.15, 0.2) is 18.2 Å². The van der Waals surface area contributed by atoms with Crippen LogP contribution in [0.5, 0.6) is 0 Å². The van der Waals surface area contributed by atoms with Gasteiger partial charge in [0.1, 0.15) is 0 Å². The first-order valence-electron chi connectivity index (χ1n) is 6.02. The number of carboxylic acid groups (broad SMARTS) is 1. The Morgan fingerprint density at radius 1 is 1.47 bits per heavy atom. The molecular weight excluding hydrogens is 268 g/mol. The number of anilines is 1. The van der Waals surface area contributed by atoms with Crippen molar-refractivity contribution < 1.29 is 14.7 Å². The molecule has 0 heterocycles. The van der Waals surface area contributed by atoms with E-state index < -0.39 is 5.97 Å². The molecule has 2 amide bonds. The van der Waals surface area contributed by atoms with Gasteiger partial charge in [-0.1, -0.05) is 11.6 Å². The second-order valence-corrected chi connectivity index (χ2v) is 5.16. The standard InChI is InChI=1S/C13H15ClN2O3/c1-16(7-8-2-3-8)13(19)15-11-6-9(12(17)18)4-5-10(11)14/h4-6,8H,2-3,7H2,1H3,(H,15,19)(H,17,18). The van der Waals surface area contributed by atoms with Crippen LogP contribution in [0.2, 0.25) is 5.02 Å². The van der Waals surface area contributed by atoms with Gasteiger partial charge in [-0.2, -0.15) is 0 Å². The van der Waals surface area contributed by atoms with Crippen molar-refractivity contribution in [2.45, 2.75) is 12.8 Å². The fraction of sp³-hybridized carbons (Fsp3) is 0.385. The van der Waals surface area contributed by atoms with Gasteiger partial charge in [-0.05, 0) is 37.0 Å². The van der Waals surface area contributed by atoms with E-state index in [1.54, 1.807) is 11.9 Å². The van der Waals surface area contributed by atoms with Gasteiger partial charge in [-0.25, -0.2) is 9.59 Å². The molecule has 0 atom stereocenters. The Hall–Kier alpha value is -1.75. The number of urea groups is 1. The molecule has 2 N–H and O–H groups in total. The number of hydrogen-bond donors (Lipinski definition) is 2.